The van der Waals surface area contributed by atoms with Crippen LogP contribution >= 0.6 is 11.6 Å². The lowest BCUT2D eigenvalue weighted by Gasteiger charge is -2.15. The smallest absolute Gasteiger partial charge is 0.246 e. The number of carbonyl (C=O) groups excluding carboxylic acids is 1. The van der Waals surface area contributed by atoms with E-state index in [0.717, 1.165) is 39.3 Å². The van der Waals surface area contributed by atoms with Gasteiger partial charge < -0.3 is 4.90 Å². The molecule has 0 aliphatic rings. The summed E-state index contributed by atoms with van der Waals surface area (Å²) in [5, 5.41) is 9.96. The molecular formula is C27H28ClN5O. The molecule has 0 fully saturated rings. The molecule has 0 bridgehead atoms. The minimum Gasteiger partial charge on any atom is -0.338 e. The molecule has 2 aromatic heterocycles. The number of halogens is 1. The van der Waals surface area contributed by atoms with Crippen LogP contribution < -0.4 is 0 Å². The molecule has 7 heteroatoms. The van der Waals surface area contributed by atoms with Gasteiger partial charge in [0.25, 0.3) is 0 Å². The van der Waals surface area contributed by atoms with Gasteiger partial charge in [-0.2, -0.15) is 10.2 Å². The fourth-order valence-corrected chi connectivity index (χ4v) is 4.14. The van der Waals surface area contributed by atoms with Gasteiger partial charge in [-0.3, -0.25) is 14.2 Å². The standard InChI is InChI=1S/C27H28ClN5O/c1-19-24(20(2)32(4)29-19)14-15-26(34)31(3)16-23-18-33(17-22-12-8-9-13-25(22)28)30-27(23)21-10-6-5-7-11-21/h5-15,18H,16-17H2,1-4H3/b15-14+. The lowest BCUT2D eigenvalue weighted by atomic mass is 10.1. The second-order valence-electron chi connectivity index (χ2n) is 8.39. The predicted octanol–water partition coefficient (Wildman–Crippen LogP) is 5.27. The van der Waals surface area contributed by atoms with Crippen molar-refractivity contribution < 1.29 is 4.79 Å². The molecule has 34 heavy (non-hydrogen) atoms. The van der Waals surface area contributed by atoms with Crippen molar-refractivity contribution in [2.75, 3.05) is 7.05 Å². The number of nitrogens with zero attached hydrogens (tertiary/aromatic N) is 5. The molecule has 0 aliphatic heterocycles. The largest absolute Gasteiger partial charge is 0.338 e. The molecule has 2 heterocycles. The molecule has 0 N–H and O–H groups in total. The molecule has 0 radical (unpaired) electrons. The van der Waals surface area contributed by atoms with Crippen LogP contribution in [0.3, 0.4) is 0 Å². The second-order valence-corrected chi connectivity index (χ2v) is 8.80. The van der Waals surface area contributed by atoms with Crippen LogP contribution in [0.2, 0.25) is 5.02 Å². The van der Waals surface area contributed by atoms with Crippen LogP contribution in [0.5, 0.6) is 0 Å². The van der Waals surface area contributed by atoms with Gasteiger partial charge in [0.1, 0.15) is 0 Å². The van der Waals surface area contributed by atoms with Gasteiger partial charge >= 0.3 is 0 Å². The third kappa shape index (κ3) is 5.13. The predicted molar refractivity (Wildman–Crippen MR) is 136 cm³/mol. The number of rotatable bonds is 7. The molecule has 0 saturated carbocycles. The number of aryl methyl sites for hydroxylation is 2. The minimum absolute atomic E-state index is 0.0829. The molecule has 0 saturated heterocycles. The number of hydrogen-bond acceptors (Lipinski definition) is 3. The van der Waals surface area contributed by atoms with Crippen molar-refractivity contribution in [2.24, 2.45) is 7.05 Å². The summed E-state index contributed by atoms with van der Waals surface area (Å²) >= 11 is 6.37. The number of carbonyl (C=O) groups is 1. The zero-order chi connectivity index (χ0) is 24.2. The van der Waals surface area contributed by atoms with E-state index in [2.05, 4.69) is 5.10 Å². The van der Waals surface area contributed by atoms with Gasteiger partial charge in [0.05, 0.1) is 17.9 Å². The van der Waals surface area contributed by atoms with Crippen molar-refractivity contribution in [3.63, 3.8) is 0 Å². The lowest BCUT2D eigenvalue weighted by molar-refractivity contribution is -0.125. The van der Waals surface area contributed by atoms with Crippen molar-refractivity contribution in [2.45, 2.75) is 26.9 Å². The maximum absolute atomic E-state index is 12.9. The monoisotopic (exact) mass is 473 g/mol. The number of benzene rings is 2. The van der Waals surface area contributed by atoms with Crippen molar-refractivity contribution in [1.82, 2.24) is 24.5 Å². The summed E-state index contributed by atoms with van der Waals surface area (Å²) in [6, 6.07) is 17.8. The van der Waals surface area contributed by atoms with Crippen LogP contribution in [0.25, 0.3) is 17.3 Å². The van der Waals surface area contributed by atoms with E-state index in [1.54, 1.807) is 18.0 Å². The second kappa shape index (κ2) is 10.1. The Morgan fingerprint density at radius 1 is 1.03 bits per heavy atom. The first-order valence-electron chi connectivity index (χ1n) is 11.1. The summed E-state index contributed by atoms with van der Waals surface area (Å²) in [6.45, 7) is 4.92. The van der Waals surface area contributed by atoms with Crippen LogP contribution in [0.1, 0.15) is 28.1 Å². The summed E-state index contributed by atoms with van der Waals surface area (Å²) in [7, 11) is 3.70. The highest BCUT2D eigenvalue weighted by Gasteiger charge is 2.16. The molecule has 0 unspecified atom stereocenters. The maximum atomic E-state index is 12.9. The Hall–Kier alpha value is -3.64. The summed E-state index contributed by atoms with van der Waals surface area (Å²) in [5.41, 5.74) is 6.73. The lowest BCUT2D eigenvalue weighted by Crippen LogP contribution is -2.24. The molecule has 0 aliphatic carbocycles. The number of likely N-dealkylation sites (N-methyl/N-ethyl adjacent to an activating group) is 1. The Morgan fingerprint density at radius 3 is 2.41 bits per heavy atom. The van der Waals surface area contributed by atoms with Gasteiger partial charge in [-0.1, -0.05) is 60.1 Å². The average molecular weight is 474 g/mol. The summed E-state index contributed by atoms with van der Waals surface area (Å²) in [5.74, 6) is -0.0829. The minimum atomic E-state index is -0.0829. The molecule has 6 nitrogen and oxygen atoms in total. The summed E-state index contributed by atoms with van der Waals surface area (Å²) < 4.78 is 3.71. The number of amides is 1. The first-order valence-corrected chi connectivity index (χ1v) is 11.5. The Labute approximate surface area is 205 Å². The molecule has 1 amide bonds. The maximum Gasteiger partial charge on any atom is 0.246 e. The Bertz CT molecular complexity index is 1340. The van der Waals surface area contributed by atoms with E-state index in [-0.39, 0.29) is 5.91 Å². The molecule has 174 valence electrons. The number of hydrogen-bond donors (Lipinski definition) is 0. The average Bonchev–Trinajstić information content (AvgIpc) is 3.33. The molecule has 2 aromatic carbocycles. The summed E-state index contributed by atoms with van der Waals surface area (Å²) in [4.78, 5) is 14.6. The highest BCUT2D eigenvalue weighted by Crippen LogP contribution is 2.25. The van der Waals surface area contributed by atoms with Crippen molar-refractivity contribution in [3.05, 3.63) is 100.0 Å². The zero-order valence-electron chi connectivity index (χ0n) is 19.9. The highest BCUT2D eigenvalue weighted by atomic mass is 35.5. The third-order valence-electron chi connectivity index (χ3n) is 5.92. The zero-order valence-corrected chi connectivity index (χ0v) is 20.6. The fourth-order valence-electron chi connectivity index (χ4n) is 3.95. The fraction of sp³-hybridized carbons (Fsp3) is 0.222. The highest BCUT2D eigenvalue weighted by molar-refractivity contribution is 6.31. The first kappa shape index (κ1) is 23.5. The van der Waals surface area contributed by atoms with Gasteiger partial charge in [-0.25, -0.2) is 0 Å². The van der Waals surface area contributed by atoms with Gasteiger partial charge in [0.2, 0.25) is 5.91 Å². The third-order valence-corrected chi connectivity index (χ3v) is 6.28. The Kier molecular flexibility index (Phi) is 6.98. The van der Waals surface area contributed by atoms with Crippen LogP contribution in [-0.2, 0) is 24.9 Å². The topological polar surface area (TPSA) is 56.0 Å². The van der Waals surface area contributed by atoms with E-state index in [1.165, 1.54) is 0 Å². The van der Waals surface area contributed by atoms with Gasteiger partial charge in [0, 0.05) is 60.3 Å². The van der Waals surface area contributed by atoms with Crippen molar-refractivity contribution in [3.8, 4) is 11.3 Å². The molecular weight excluding hydrogens is 446 g/mol. The van der Waals surface area contributed by atoms with Gasteiger partial charge in [0.15, 0.2) is 0 Å². The molecule has 4 rings (SSSR count). The molecule has 0 atom stereocenters. The van der Waals surface area contributed by atoms with Crippen LogP contribution in [0, 0.1) is 13.8 Å². The Balaban J connectivity index is 1.58. The van der Waals surface area contributed by atoms with E-state index >= 15 is 0 Å². The van der Waals surface area contributed by atoms with Crippen LogP contribution in [0.4, 0.5) is 0 Å². The van der Waals surface area contributed by atoms with E-state index in [9.17, 15) is 4.79 Å². The van der Waals surface area contributed by atoms with Gasteiger partial charge in [-0.05, 0) is 31.6 Å². The van der Waals surface area contributed by atoms with E-state index in [0.29, 0.717) is 18.1 Å². The van der Waals surface area contributed by atoms with E-state index < -0.39 is 0 Å². The first-order chi connectivity index (χ1) is 16.3. The van der Waals surface area contributed by atoms with Crippen LogP contribution in [-0.4, -0.2) is 37.4 Å². The molecule has 0 spiro atoms. The molecule has 4 aromatic rings. The summed E-state index contributed by atoms with van der Waals surface area (Å²) in [6.07, 6.45) is 5.44. The van der Waals surface area contributed by atoms with Crippen LogP contribution in [0.15, 0.2) is 66.9 Å². The van der Waals surface area contributed by atoms with Crippen molar-refractivity contribution >= 4 is 23.6 Å². The van der Waals surface area contributed by atoms with E-state index in [1.807, 2.05) is 97.1 Å². The Morgan fingerprint density at radius 2 is 1.74 bits per heavy atom. The number of aromatic nitrogens is 4. The quantitative estimate of drug-likeness (QED) is 0.343. The van der Waals surface area contributed by atoms with E-state index in [4.69, 9.17) is 16.7 Å². The SMILES string of the molecule is Cc1nn(C)c(C)c1/C=C/C(=O)N(C)Cc1cn(Cc2ccccc2Cl)nc1-c1ccccc1. The normalized spacial score (nSPS) is 11.3. The van der Waals surface area contributed by atoms with Crippen molar-refractivity contribution in [1.29, 1.82) is 0 Å². The van der Waals surface area contributed by atoms with Gasteiger partial charge in [-0.15, -0.1) is 0 Å².